The van der Waals surface area contributed by atoms with Gasteiger partial charge in [0.25, 0.3) is 0 Å². The molecule has 3 heterocycles. The number of hydrogen-bond donors (Lipinski definition) is 4. The molecule has 28 heavy (non-hydrogen) atoms. The zero-order valence-electron chi connectivity index (χ0n) is 17.3. The van der Waals surface area contributed by atoms with Crippen molar-refractivity contribution in [1.82, 2.24) is 29.0 Å². The van der Waals surface area contributed by atoms with Crippen LogP contribution in [0.2, 0.25) is 0 Å². The highest BCUT2D eigenvalue weighted by Crippen LogP contribution is 2.88. The lowest BCUT2D eigenvalue weighted by molar-refractivity contribution is 0.513. The maximum absolute atomic E-state index is 5.20. The zero-order chi connectivity index (χ0) is 20.1. The van der Waals surface area contributed by atoms with Crippen molar-refractivity contribution in [3.05, 3.63) is 0 Å². The van der Waals surface area contributed by atoms with Gasteiger partial charge in [-0.25, -0.2) is 0 Å². The quantitative estimate of drug-likeness (QED) is 0.221. The van der Waals surface area contributed by atoms with E-state index in [1.165, 1.54) is 24.3 Å². The summed E-state index contributed by atoms with van der Waals surface area (Å²) < 4.78 is 10.3. The van der Waals surface area contributed by atoms with Crippen LogP contribution in [0.5, 0.6) is 0 Å². The van der Waals surface area contributed by atoms with Gasteiger partial charge in [0.1, 0.15) is 0 Å². The van der Waals surface area contributed by atoms with Gasteiger partial charge in [-0.05, 0) is 25.4 Å². The van der Waals surface area contributed by atoms with Crippen LogP contribution in [0.3, 0.4) is 0 Å². The molecular weight excluding hydrogens is 487 g/mol. The molecule has 3 aliphatic rings. The Kier molecular flexibility index (Phi) is 10.0. The Morgan fingerprint density at radius 1 is 1.00 bits per heavy atom. The molecule has 0 aromatic heterocycles. The van der Waals surface area contributed by atoms with Crippen molar-refractivity contribution in [3.63, 3.8) is 0 Å². The predicted molar refractivity (Wildman–Crippen MR) is 143 cm³/mol. The van der Waals surface area contributed by atoms with Gasteiger partial charge in [0.15, 0.2) is 0 Å². The van der Waals surface area contributed by atoms with E-state index in [0.717, 1.165) is 31.1 Å². The second-order valence-corrected chi connectivity index (χ2v) is 22.7. The zero-order valence-corrected chi connectivity index (χ0v) is 23.2. The molecule has 7 nitrogen and oxygen atoms in total. The Hall–Kier alpha value is 2.12. The van der Waals surface area contributed by atoms with Crippen molar-refractivity contribution in [2.24, 2.45) is 4.76 Å². The highest BCUT2D eigenvalue weighted by molar-refractivity contribution is 8.68. The van der Waals surface area contributed by atoms with Crippen LogP contribution in [-0.2, 0) is 0 Å². The van der Waals surface area contributed by atoms with E-state index in [2.05, 4.69) is 84.6 Å². The summed E-state index contributed by atoms with van der Waals surface area (Å²) in [6.45, 7) is -0.202. The third-order valence-corrected chi connectivity index (χ3v) is 25.6. The number of nitrogens with one attached hydrogen (secondary N) is 4. The van der Waals surface area contributed by atoms with E-state index in [1.54, 1.807) is 0 Å². The van der Waals surface area contributed by atoms with E-state index in [0.29, 0.717) is 0 Å². The minimum absolute atomic E-state index is 0.950. The lowest BCUT2D eigenvalue weighted by Gasteiger charge is -2.44. The first kappa shape index (κ1) is 24.8. The topological polar surface area (TPSA) is 67.0 Å². The van der Waals surface area contributed by atoms with Crippen LogP contribution in [0.4, 0.5) is 0 Å². The lowest BCUT2D eigenvalue weighted by Crippen LogP contribution is -2.54. The molecule has 2 unspecified atom stereocenters. The van der Waals surface area contributed by atoms with Crippen molar-refractivity contribution in [2.75, 3.05) is 69.3 Å². The minimum atomic E-state index is -2.09. The Bertz CT molecular complexity index is 521. The van der Waals surface area contributed by atoms with Gasteiger partial charge in [-0.15, -0.1) is 14.4 Å². The molecule has 0 aliphatic carbocycles. The Labute approximate surface area is 189 Å². The fourth-order valence-corrected chi connectivity index (χ4v) is 28.7. The summed E-state index contributed by atoms with van der Waals surface area (Å²) in [6, 6.07) is 0. The van der Waals surface area contributed by atoms with E-state index >= 15 is 0 Å². The first-order valence-corrected chi connectivity index (χ1v) is 20.7. The van der Waals surface area contributed by atoms with Gasteiger partial charge in [-0.3, -0.25) is 0 Å². The summed E-state index contributed by atoms with van der Waals surface area (Å²) in [6.07, 6.45) is 8.95. The Morgan fingerprint density at radius 3 is 2.11 bits per heavy atom. The standard InChI is InChI=1S/C14H35N7P3S4/c1-20-9-5-11-27-23(20)17-22(15-7-13-25-3,16-8-14-26-4)18-24(19-23)21(2)10-6-12-28-24/h7,16-19H,5-6,8-14H2,1-4H3/q+3. The molecule has 4 N–H and O–H groups in total. The largest absolute Gasteiger partial charge is 0.420 e. The SMILES string of the molecule is CSCC=N[P+]1(NCCSC)N[P+]2(N[P+]3(N1)SCCCN3C)SCCCN2C. The lowest BCUT2D eigenvalue weighted by atomic mass is 10.5. The average molecular weight is 523 g/mol. The molecule has 0 aromatic carbocycles. The monoisotopic (exact) mass is 522 g/mol. The first-order chi connectivity index (χ1) is 13.5. The van der Waals surface area contributed by atoms with Crippen LogP contribution in [0, 0.1) is 0 Å². The fraction of sp³-hybridized carbons (Fsp3) is 0.929. The molecule has 3 aliphatic heterocycles. The molecule has 0 aromatic rings. The molecule has 2 spiro atoms. The van der Waals surface area contributed by atoms with Gasteiger partial charge in [-0.1, -0.05) is 4.76 Å². The molecule has 0 saturated carbocycles. The van der Waals surface area contributed by atoms with E-state index in [1.807, 2.05) is 23.5 Å². The highest BCUT2D eigenvalue weighted by atomic mass is 32.8. The molecule has 162 valence electrons. The maximum atomic E-state index is 5.20. The van der Waals surface area contributed by atoms with E-state index in [-0.39, 0.29) is 0 Å². The van der Waals surface area contributed by atoms with Gasteiger partial charge in [0, 0.05) is 71.3 Å². The third-order valence-electron chi connectivity index (χ3n) is 4.74. The predicted octanol–water partition coefficient (Wildman–Crippen LogP) is 4.33. The summed E-state index contributed by atoms with van der Waals surface area (Å²) in [7, 11) is 2.49. The van der Waals surface area contributed by atoms with Gasteiger partial charge >= 0.3 is 21.7 Å². The van der Waals surface area contributed by atoms with Crippen molar-refractivity contribution in [2.45, 2.75) is 12.8 Å². The van der Waals surface area contributed by atoms with Crippen LogP contribution in [0.25, 0.3) is 0 Å². The van der Waals surface area contributed by atoms with Crippen LogP contribution >= 0.6 is 68.0 Å². The van der Waals surface area contributed by atoms with Gasteiger partial charge in [0.05, 0.1) is 29.0 Å². The van der Waals surface area contributed by atoms with E-state index in [9.17, 15) is 0 Å². The molecule has 3 fully saturated rings. The maximum Gasteiger partial charge on any atom is 0.420 e. The summed E-state index contributed by atoms with van der Waals surface area (Å²) in [4.78, 5) is 12.4. The van der Waals surface area contributed by atoms with Crippen LogP contribution in [0.15, 0.2) is 4.76 Å². The second kappa shape index (κ2) is 11.3. The van der Waals surface area contributed by atoms with Crippen molar-refractivity contribution in [3.8, 4) is 0 Å². The summed E-state index contributed by atoms with van der Waals surface area (Å²) in [5.74, 6) is 4.47. The number of rotatable bonds is 7. The molecule has 0 radical (unpaired) electrons. The summed E-state index contributed by atoms with van der Waals surface area (Å²) in [5, 5.41) is 3.88. The van der Waals surface area contributed by atoms with Crippen molar-refractivity contribution < 1.29 is 0 Å². The number of nitrogens with zero attached hydrogens (tertiary/aromatic N) is 3. The van der Waals surface area contributed by atoms with E-state index in [4.69, 9.17) is 4.76 Å². The van der Waals surface area contributed by atoms with Gasteiger partial charge in [-0.2, -0.15) is 23.5 Å². The average Bonchev–Trinajstić information content (AvgIpc) is 2.67. The number of thioether (sulfide) groups is 2. The molecule has 14 heteroatoms. The van der Waals surface area contributed by atoms with Gasteiger partial charge < -0.3 is 0 Å². The highest BCUT2D eigenvalue weighted by Gasteiger charge is 2.77. The molecule has 3 saturated heterocycles. The molecule has 2 atom stereocenters. The second-order valence-electron chi connectivity index (χ2n) is 6.88. The minimum Gasteiger partial charge on any atom is -0.164 e. The molecule has 0 amide bonds. The molecule has 3 rings (SSSR count). The van der Waals surface area contributed by atoms with E-state index < -0.39 is 21.7 Å². The summed E-state index contributed by atoms with van der Waals surface area (Å²) in [5.41, 5.74) is 0. The molecular formula is C14H35N7P3S4+3. The van der Waals surface area contributed by atoms with Gasteiger partial charge in [0.2, 0.25) is 0 Å². The third kappa shape index (κ3) is 5.72. The summed E-state index contributed by atoms with van der Waals surface area (Å²) >= 11 is 7.93. The van der Waals surface area contributed by atoms with Crippen LogP contribution in [-0.4, -0.2) is 84.8 Å². The van der Waals surface area contributed by atoms with Crippen molar-refractivity contribution in [1.29, 1.82) is 0 Å². The van der Waals surface area contributed by atoms with Crippen LogP contribution < -0.4 is 19.7 Å². The smallest absolute Gasteiger partial charge is 0.164 e. The van der Waals surface area contributed by atoms with Crippen molar-refractivity contribution >= 4 is 74.2 Å². The van der Waals surface area contributed by atoms with Crippen LogP contribution in [0.1, 0.15) is 12.8 Å². The molecule has 0 bridgehead atoms. The number of hydrogen-bond acceptors (Lipinski definition) is 11. The Balaban J connectivity index is 1.97. The normalized spacial score (nSPS) is 38.0. The first-order valence-electron chi connectivity index (χ1n) is 9.55. The Morgan fingerprint density at radius 2 is 1.61 bits per heavy atom. The fourth-order valence-electron chi connectivity index (χ4n) is 3.23.